The first-order chi connectivity index (χ1) is 13.1. The lowest BCUT2D eigenvalue weighted by Crippen LogP contribution is -2.21. The molecule has 0 aliphatic rings. The van der Waals surface area contributed by atoms with Crippen molar-refractivity contribution in [1.82, 2.24) is 4.98 Å². The predicted molar refractivity (Wildman–Crippen MR) is 99.2 cm³/mol. The standard InChI is InChI=1S/C20H21F3N2O3/c1-12(2)9-13-3-5-14(6-4-13)17(26)7-8-18(27)25-16-10-15(20(21,22)23)11-24-19(16)28/h3-6,10-12H,7-9H2,1-2H3,(H,24,28)(H,25,27). The van der Waals surface area contributed by atoms with Crippen molar-refractivity contribution in [3.05, 3.63) is 63.6 Å². The second-order valence-electron chi connectivity index (χ2n) is 6.90. The van der Waals surface area contributed by atoms with Gasteiger partial charge in [-0.3, -0.25) is 14.4 Å². The van der Waals surface area contributed by atoms with Gasteiger partial charge in [0.15, 0.2) is 5.78 Å². The molecule has 0 unspecified atom stereocenters. The first-order valence-electron chi connectivity index (χ1n) is 8.78. The molecule has 0 saturated heterocycles. The number of hydrogen-bond acceptors (Lipinski definition) is 3. The zero-order valence-corrected chi connectivity index (χ0v) is 15.5. The van der Waals surface area contributed by atoms with Gasteiger partial charge in [-0.2, -0.15) is 13.2 Å². The highest BCUT2D eigenvalue weighted by atomic mass is 19.4. The smallest absolute Gasteiger partial charge is 0.327 e. The Balaban J connectivity index is 1.95. The van der Waals surface area contributed by atoms with E-state index in [1.54, 1.807) is 12.1 Å². The monoisotopic (exact) mass is 394 g/mol. The highest BCUT2D eigenvalue weighted by Crippen LogP contribution is 2.29. The molecule has 28 heavy (non-hydrogen) atoms. The molecule has 0 atom stereocenters. The Morgan fingerprint density at radius 1 is 1.11 bits per heavy atom. The molecule has 0 saturated carbocycles. The molecule has 5 nitrogen and oxygen atoms in total. The average molecular weight is 394 g/mol. The number of amides is 1. The summed E-state index contributed by atoms with van der Waals surface area (Å²) >= 11 is 0. The van der Waals surface area contributed by atoms with Crippen LogP contribution in [0.1, 0.15) is 48.2 Å². The van der Waals surface area contributed by atoms with Gasteiger partial charge in [-0.25, -0.2) is 0 Å². The van der Waals surface area contributed by atoms with E-state index in [0.29, 0.717) is 23.7 Å². The maximum atomic E-state index is 12.7. The van der Waals surface area contributed by atoms with Gasteiger partial charge >= 0.3 is 6.18 Å². The van der Waals surface area contributed by atoms with Crippen LogP contribution in [0.5, 0.6) is 0 Å². The molecule has 0 radical (unpaired) electrons. The van der Waals surface area contributed by atoms with E-state index in [9.17, 15) is 27.6 Å². The first kappa shape index (κ1) is 21.4. The van der Waals surface area contributed by atoms with E-state index in [-0.39, 0.29) is 18.6 Å². The van der Waals surface area contributed by atoms with Crippen LogP contribution in [0.3, 0.4) is 0 Å². The van der Waals surface area contributed by atoms with E-state index in [1.807, 2.05) is 17.1 Å². The van der Waals surface area contributed by atoms with E-state index in [2.05, 4.69) is 19.2 Å². The molecule has 2 aromatic rings. The number of carbonyl (C=O) groups is 2. The van der Waals surface area contributed by atoms with Crippen molar-refractivity contribution in [2.24, 2.45) is 5.92 Å². The second kappa shape index (κ2) is 8.86. The van der Waals surface area contributed by atoms with Gasteiger partial charge in [0.05, 0.1) is 5.56 Å². The number of Topliss-reactive ketones (excluding diaryl/α,β-unsaturated/α-hetero) is 1. The molecule has 2 N–H and O–H groups in total. The molecule has 0 aliphatic heterocycles. The molecular weight excluding hydrogens is 373 g/mol. The molecule has 1 aromatic carbocycles. The third-order valence-corrected chi connectivity index (χ3v) is 4.00. The fourth-order valence-electron chi connectivity index (χ4n) is 2.62. The lowest BCUT2D eigenvalue weighted by molar-refractivity contribution is -0.137. The first-order valence-corrected chi connectivity index (χ1v) is 8.78. The molecule has 1 amide bonds. The predicted octanol–water partition coefficient (Wildman–Crippen LogP) is 4.19. The third-order valence-electron chi connectivity index (χ3n) is 4.00. The summed E-state index contributed by atoms with van der Waals surface area (Å²) in [5.74, 6) is -0.483. The van der Waals surface area contributed by atoms with Gasteiger partial charge in [0.25, 0.3) is 5.56 Å². The van der Waals surface area contributed by atoms with Gasteiger partial charge in [-0.1, -0.05) is 38.1 Å². The van der Waals surface area contributed by atoms with Gasteiger partial charge in [-0.15, -0.1) is 0 Å². The molecule has 1 aromatic heterocycles. The van der Waals surface area contributed by atoms with E-state index in [4.69, 9.17) is 0 Å². The Hall–Kier alpha value is -2.90. The topological polar surface area (TPSA) is 79.0 Å². The van der Waals surface area contributed by atoms with Crippen LogP contribution in [0, 0.1) is 5.92 Å². The lowest BCUT2D eigenvalue weighted by Gasteiger charge is -2.09. The highest BCUT2D eigenvalue weighted by molar-refractivity contribution is 6.00. The van der Waals surface area contributed by atoms with Gasteiger partial charge in [0, 0.05) is 24.6 Å². The van der Waals surface area contributed by atoms with Crippen molar-refractivity contribution in [2.45, 2.75) is 39.3 Å². The Morgan fingerprint density at radius 2 is 1.75 bits per heavy atom. The zero-order valence-electron chi connectivity index (χ0n) is 15.5. The van der Waals surface area contributed by atoms with E-state index < -0.39 is 28.9 Å². The normalized spacial score (nSPS) is 11.5. The van der Waals surface area contributed by atoms with Crippen LogP contribution in [0.25, 0.3) is 0 Å². The number of ketones is 1. The van der Waals surface area contributed by atoms with Crippen LogP contribution in [-0.4, -0.2) is 16.7 Å². The highest BCUT2D eigenvalue weighted by Gasteiger charge is 2.31. The zero-order chi connectivity index (χ0) is 20.9. The minimum absolute atomic E-state index is 0.119. The summed E-state index contributed by atoms with van der Waals surface area (Å²) in [5, 5.41) is 2.13. The number of benzene rings is 1. The van der Waals surface area contributed by atoms with Gasteiger partial charge < -0.3 is 10.3 Å². The molecule has 0 aliphatic carbocycles. The van der Waals surface area contributed by atoms with Crippen molar-refractivity contribution in [2.75, 3.05) is 5.32 Å². The average Bonchev–Trinajstić information content (AvgIpc) is 2.60. The van der Waals surface area contributed by atoms with E-state index in [0.717, 1.165) is 12.0 Å². The van der Waals surface area contributed by atoms with Crippen molar-refractivity contribution in [3.63, 3.8) is 0 Å². The van der Waals surface area contributed by atoms with Gasteiger partial charge in [-0.05, 0) is 24.0 Å². The van der Waals surface area contributed by atoms with Crippen molar-refractivity contribution in [1.29, 1.82) is 0 Å². The number of aromatic nitrogens is 1. The van der Waals surface area contributed by atoms with Crippen LogP contribution >= 0.6 is 0 Å². The number of halogens is 3. The van der Waals surface area contributed by atoms with Crippen molar-refractivity contribution >= 4 is 17.4 Å². The third kappa shape index (κ3) is 6.07. The number of hydrogen-bond donors (Lipinski definition) is 2. The molecule has 150 valence electrons. The number of alkyl halides is 3. The maximum Gasteiger partial charge on any atom is 0.417 e. The Kier molecular flexibility index (Phi) is 6.77. The SMILES string of the molecule is CC(C)Cc1ccc(C(=O)CCC(=O)Nc2cc(C(F)(F)F)c[nH]c2=O)cc1. The van der Waals surface area contributed by atoms with E-state index >= 15 is 0 Å². The maximum absolute atomic E-state index is 12.7. The summed E-state index contributed by atoms with van der Waals surface area (Å²) in [6.07, 6.45) is -3.59. The molecule has 2 rings (SSSR count). The molecule has 0 bridgehead atoms. The second-order valence-corrected chi connectivity index (χ2v) is 6.90. The number of aromatic amines is 1. The summed E-state index contributed by atoms with van der Waals surface area (Å²) in [4.78, 5) is 37.7. The summed E-state index contributed by atoms with van der Waals surface area (Å²) in [6, 6.07) is 7.65. The number of rotatable bonds is 7. The summed E-state index contributed by atoms with van der Waals surface area (Å²) in [6.45, 7) is 4.18. The summed E-state index contributed by atoms with van der Waals surface area (Å²) < 4.78 is 38.1. The molecule has 0 fully saturated rings. The van der Waals surface area contributed by atoms with Crippen LogP contribution in [0.15, 0.2) is 41.3 Å². The van der Waals surface area contributed by atoms with Crippen LogP contribution < -0.4 is 10.9 Å². The Labute approximate surface area is 160 Å². The van der Waals surface area contributed by atoms with Crippen LogP contribution in [0.2, 0.25) is 0 Å². The van der Waals surface area contributed by atoms with Crippen LogP contribution in [0.4, 0.5) is 18.9 Å². The lowest BCUT2D eigenvalue weighted by atomic mass is 9.99. The molecular formula is C20H21F3N2O3. The number of carbonyl (C=O) groups excluding carboxylic acids is 2. The summed E-state index contributed by atoms with van der Waals surface area (Å²) in [7, 11) is 0. The van der Waals surface area contributed by atoms with Crippen LogP contribution in [-0.2, 0) is 17.4 Å². The number of anilines is 1. The number of H-pyrrole nitrogens is 1. The van der Waals surface area contributed by atoms with E-state index in [1.165, 1.54) is 0 Å². The van der Waals surface area contributed by atoms with Crippen molar-refractivity contribution in [3.8, 4) is 0 Å². The number of nitrogens with one attached hydrogen (secondary N) is 2. The minimum atomic E-state index is -4.65. The molecule has 0 spiro atoms. The van der Waals surface area contributed by atoms with Gasteiger partial charge in [0.1, 0.15) is 5.69 Å². The molecule has 8 heteroatoms. The molecule has 1 heterocycles. The summed E-state index contributed by atoms with van der Waals surface area (Å²) in [5.41, 5.74) is -0.885. The largest absolute Gasteiger partial charge is 0.417 e. The van der Waals surface area contributed by atoms with Gasteiger partial charge in [0.2, 0.25) is 5.91 Å². The minimum Gasteiger partial charge on any atom is -0.327 e. The fourth-order valence-corrected chi connectivity index (χ4v) is 2.62. The fraction of sp³-hybridized carbons (Fsp3) is 0.350. The quantitative estimate of drug-likeness (QED) is 0.691. The van der Waals surface area contributed by atoms with Crippen molar-refractivity contribution < 1.29 is 22.8 Å². The Bertz CT molecular complexity index is 900. The number of pyridine rings is 1. The Morgan fingerprint density at radius 3 is 2.32 bits per heavy atom.